The van der Waals surface area contributed by atoms with Crippen LogP contribution in [-0.2, 0) is 0 Å². The van der Waals surface area contributed by atoms with Gasteiger partial charge in [0.2, 0.25) is 0 Å². The Morgan fingerprint density at radius 1 is 1.03 bits per heavy atom. The fourth-order valence-electron chi connectivity index (χ4n) is 4.68. The second kappa shape index (κ2) is 9.54. The van der Waals surface area contributed by atoms with Gasteiger partial charge in [0.25, 0.3) is 11.8 Å². The van der Waals surface area contributed by atoms with Crippen LogP contribution in [-0.4, -0.2) is 59.3 Å². The van der Waals surface area contributed by atoms with Gasteiger partial charge in [0, 0.05) is 41.8 Å². The van der Waals surface area contributed by atoms with E-state index in [0.717, 1.165) is 17.8 Å². The molecule has 0 unspecified atom stereocenters. The van der Waals surface area contributed by atoms with Gasteiger partial charge in [0.05, 0.1) is 23.6 Å². The molecule has 4 heterocycles. The summed E-state index contributed by atoms with van der Waals surface area (Å²) in [4.78, 5) is 34.3. The number of carbonyl (C=O) groups is 2. The number of aromatic nitrogens is 6. The number of halogens is 2. The highest BCUT2D eigenvalue weighted by Crippen LogP contribution is 2.26. The van der Waals surface area contributed by atoms with E-state index in [1.165, 1.54) is 12.4 Å². The number of rotatable bonds is 5. The number of piperidine rings is 1. The van der Waals surface area contributed by atoms with Crippen LogP contribution in [0.3, 0.4) is 0 Å². The van der Waals surface area contributed by atoms with Gasteiger partial charge < -0.3 is 15.2 Å². The van der Waals surface area contributed by atoms with Gasteiger partial charge in [-0.1, -0.05) is 6.07 Å². The van der Waals surface area contributed by atoms with Crippen molar-refractivity contribution in [2.75, 3.05) is 18.4 Å². The molecule has 3 aromatic heterocycles. The lowest BCUT2D eigenvalue weighted by atomic mass is 10.0. The van der Waals surface area contributed by atoms with Gasteiger partial charge in [-0.05, 0) is 43.2 Å². The van der Waals surface area contributed by atoms with Gasteiger partial charge in [-0.2, -0.15) is 10.2 Å². The van der Waals surface area contributed by atoms with E-state index < -0.39 is 11.6 Å². The molecule has 1 aliphatic heterocycles. The summed E-state index contributed by atoms with van der Waals surface area (Å²) in [6, 6.07) is 10.8. The average molecular weight is 517 g/mol. The van der Waals surface area contributed by atoms with E-state index in [9.17, 15) is 18.4 Å². The summed E-state index contributed by atoms with van der Waals surface area (Å²) < 4.78 is 30.4. The summed E-state index contributed by atoms with van der Waals surface area (Å²) in [7, 11) is 0. The summed E-state index contributed by atoms with van der Waals surface area (Å²) in [6.07, 6.45) is 7.70. The SMILES string of the molecule is O=C(Nc1cnn(C2CCN(C(=O)c3cc4cc(F)c(F)cc4[nH]3)CC2)c1)c1cccc(-n2cncn2)c1. The molecule has 1 aliphatic rings. The van der Waals surface area contributed by atoms with E-state index in [1.807, 2.05) is 6.07 Å². The Morgan fingerprint density at radius 2 is 1.84 bits per heavy atom. The number of hydrogen-bond acceptors (Lipinski definition) is 5. The van der Waals surface area contributed by atoms with Gasteiger partial charge >= 0.3 is 0 Å². The molecule has 0 radical (unpaired) electrons. The first-order valence-corrected chi connectivity index (χ1v) is 12.0. The topological polar surface area (TPSA) is 114 Å². The number of nitrogens with one attached hydrogen (secondary N) is 2. The molecule has 10 nitrogen and oxygen atoms in total. The van der Waals surface area contributed by atoms with E-state index in [1.54, 1.807) is 51.2 Å². The van der Waals surface area contributed by atoms with E-state index in [-0.39, 0.29) is 17.9 Å². The summed E-state index contributed by atoms with van der Waals surface area (Å²) in [5, 5.41) is 11.8. The maximum atomic E-state index is 13.5. The highest BCUT2D eigenvalue weighted by Gasteiger charge is 2.26. The second-order valence-corrected chi connectivity index (χ2v) is 9.11. The lowest BCUT2D eigenvalue weighted by Crippen LogP contribution is -2.39. The van der Waals surface area contributed by atoms with Crippen LogP contribution in [0.15, 0.2) is 67.5 Å². The number of nitrogens with zero attached hydrogens (tertiary/aromatic N) is 6. The van der Waals surface area contributed by atoms with Crippen LogP contribution in [0.25, 0.3) is 16.6 Å². The van der Waals surface area contributed by atoms with Crippen LogP contribution in [0, 0.1) is 11.6 Å². The van der Waals surface area contributed by atoms with E-state index >= 15 is 0 Å². The molecule has 2 aromatic carbocycles. The van der Waals surface area contributed by atoms with Crippen LogP contribution >= 0.6 is 0 Å². The van der Waals surface area contributed by atoms with Gasteiger partial charge in [0.1, 0.15) is 18.3 Å². The zero-order valence-electron chi connectivity index (χ0n) is 20.0. The number of H-pyrrole nitrogens is 1. The molecule has 5 aromatic rings. The molecular formula is C26H22F2N8O2. The molecule has 2 N–H and O–H groups in total. The Labute approximate surface area is 214 Å². The molecule has 0 spiro atoms. The monoisotopic (exact) mass is 516 g/mol. The maximum Gasteiger partial charge on any atom is 0.270 e. The Hall–Kier alpha value is -4.87. The van der Waals surface area contributed by atoms with Crippen LogP contribution in [0.1, 0.15) is 39.7 Å². The first-order chi connectivity index (χ1) is 18.4. The molecule has 6 rings (SSSR count). The van der Waals surface area contributed by atoms with Crippen molar-refractivity contribution in [2.24, 2.45) is 0 Å². The summed E-state index contributed by atoms with van der Waals surface area (Å²) in [5.41, 5.74) is 2.43. The van der Waals surface area contributed by atoms with Crippen molar-refractivity contribution in [3.8, 4) is 5.69 Å². The Balaban J connectivity index is 1.07. The zero-order valence-corrected chi connectivity index (χ0v) is 20.0. The van der Waals surface area contributed by atoms with Crippen LogP contribution < -0.4 is 5.32 Å². The molecule has 192 valence electrons. The lowest BCUT2D eigenvalue weighted by Gasteiger charge is -2.31. The van der Waals surface area contributed by atoms with Crippen molar-refractivity contribution in [3.63, 3.8) is 0 Å². The van der Waals surface area contributed by atoms with Crippen LogP contribution in [0.2, 0.25) is 0 Å². The Morgan fingerprint density at radius 3 is 2.63 bits per heavy atom. The predicted octanol–water partition coefficient (Wildman–Crippen LogP) is 3.95. The fraction of sp³-hybridized carbons (Fsp3) is 0.192. The number of benzene rings is 2. The summed E-state index contributed by atoms with van der Waals surface area (Å²) in [5.74, 6) is -2.41. The molecule has 38 heavy (non-hydrogen) atoms. The van der Waals surface area contributed by atoms with E-state index in [2.05, 4.69) is 25.5 Å². The standard InChI is InChI=1S/C26H22F2N8O2/c27-21-9-17-10-24(33-23(17)11-22(21)28)26(38)34-6-4-19(5-7-34)35-13-18(12-30-35)32-25(37)16-2-1-3-20(8-16)36-15-29-14-31-36/h1-3,8-15,19,33H,4-7H2,(H,32,37). The molecule has 0 bridgehead atoms. The van der Waals surface area contributed by atoms with Crippen molar-refractivity contribution in [3.05, 3.63) is 90.4 Å². The molecular weight excluding hydrogens is 494 g/mol. The minimum atomic E-state index is -0.964. The largest absolute Gasteiger partial charge is 0.350 e. The molecule has 0 saturated carbocycles. The van der Waals surface area contributed by atoms with E-state index in [4.69, 9.17) is 0 Å². The Bertz CT molecular complexity index is 1600. The zero-order chi connectivity index (χ0) is 26.2. The maximum absolute atomic E-state index is 13.5. The molecule has 1 fully saturated rings. The Kier molecular flexibility index (Phi) is 5.91. The molecule has 2 amide bonds. The highest BCUT2D eigenvalue weighted by atomic mass is 19.2. The normalized spacial score (nSPS) is 14.2. The van der Waals surface area contributed by atoms with Crippen molar-refractivity contribution in [1.29, 1.82) is 0 Å². The average Bonchev–Trinajstić information content (AvgIpc) is 3.70. The quantitative estimate of drug-likeness (QED) is 0.367. The molecule has 1 saturated heterocycles. The van der Waals surface area contributed by atoms with Gasteiger partial charge in [0.15, 0.2) is 11.6 Å². The van der Waals surface area contributed by atoms with Gasteiger partial charge in [-0.15, -0.1) is 0 Å². The fourth-order valence-corrected chi connectivity index (χ4v) is 4.68. The minimum Gasteiger partial charge on any atom is -0.350 e. The molecule has 0 atom stereocenters. The van der Waals surface area contributed by atoms with Crippen molar-refractivity contribution < 1.29 is 18.4 Å². The second-order valence-electron chi connectivity index (χ2n) is 9.11. The lowest BCUT2D eigenvalue weighted by molar-refractivity contribution is 0.0684. The minimum absolute atomic E-state index is 0.0613. The van der Waals surface area contributed by atoms with Gasteiger partial charge in [-0.25, -0.2) is 18.4 Å². The van der Waals surface area contributed by atoms with Crippen molar-refractivity contribution >= 4 is 28.4 Å². The number of aromatic amines is 1. The van der Waals surface area contributed by atoms with Crippen molar-refractivity contribution in [2.45, 2.75) is 18.9 Å². The number of amides is 2. The van der Waals surface area contributed by atoms with Crippen LogP contribution in [0.4, 0.5) is 14.5 Å². The third-order valence-corrected chi connectivity index (χ3v) is 6.67. The first kappa shape index (κ1) is 23.5. The highest BCUT2D eigenvalue weighted by molar-refractivity contribution is 6.04. The number of likely N-dealkylation sites (tertiary alicyclic amines) is 1. The van der Waals surface area contributed by atoms with Crippen molar-refractivity contribution in [1.82, 2.24) is 34.4 Å². The number of carbonyl (C=O) groups excluding carboxylic acids is 2. The smallest absolute Gasteiger partial charge is 0.270 e. The predicted molar refractivity (Wildman–Crippen MR) is 134 cm³/mol. The van der Waals surface area contributed by atoms with E-state index in [0.29, 0.717) is 53.8 Å². The summed E-state index contributed by atoms with van der Waals surface area (Å²) in [6.45, 7) is 0.996. The third kappa shape index (κ3) is 4.51. The molecule has 0 aliphatic carbocycles. The number of anilines is 1. The van der Waals surface area contributed by atoms with Gasteiger partial charge in [-0.3, -0.25) is 14.3 Å². The number of hydrogen-bond donors (Lipinski definition) is 2. The first-order valence-electron chi connectivity index (χ1n) is 12.0. The van der Waals surface area contributed by atoms with Crippen LogP contribution in [0.5, 0.6) is 0 Å². The summed E-state index contributed by atoms with van der Waals surface area (Å²) >= 11 is 0. The third-order valence-electron chi connectivity index (χ3n) is 6.67. The number of fused-ring (bicyclic) bond motifs is 1. The molecule has 12 heteroatoms.